The first-order valence-corrected chi connectivity index (χ1v) is 6.75. The Labute approximate surface area is 126 Å². The molecule has 0 radical (unpaired) electrons. The Hall–Kier alpha value is -3.03. The molecule has 0 atom stereocenters. The second-order valence-corrected chi connectivity index (χ2v) is 4.54. The summed E-state index contributed by atoms with van der Waals surface area (Å²) in [6, 6.07) is 1.74. The van der Waals surface area contributed by atoms with Gasteiger partial charge in [-0.25, -0.2) is 19.1 Å². The average Bonchev–Trinajstić information content (AvgIpc) is 3.18. The molecule has 0 fully saturated rings. The highest BCUT2D eigenvalue weighted by atomic mass is 16.5. The van der Waals surface area contributed by atoms with Crippen molar-refractivity contribution in [2.45, 2.75) is 13.8 Å². The Morgan fingerprint density at radius 2 is 2.14 bits per heavy atom. The van der Waals surface area contributed by atoms with E-state index in [4.69, 9.17) is 4.74 Å². The lowest BCUT2D eigenvalue weighted by Gasteiger charge is -2.09. The monoisotopic (exact) mass is 298 g/mol. The van der Waals surface area contributed by atoms with E-state index in [-0.39, 0.29) is 12.2 Å². The zero-order valence-electron chi connectivity index (χ0n) is 12.2. The van der Waals surface area contributed by atoms with E-state index in [1.54, 1.807) is 37.8 Å². The van der Waals surface area contributed by atoms with Crippen LogP contribution in [0.3, 0.4) is 0 Å². The second kappa shape index (κ2) is 5.76. The van der Waals surface area contributed by atoms with E-state index in [0.29, 0.717) is 11.8 Å². The van der Waals surface area contributed by atoms with Gasteiger partial charge in [0.1, 0.15) is 5.56 Å². The van der Waals surface area contributed by atoms with E-state index in [1.165, 1.54) is 15.6 Å². The molecule has 0 amide bonds. The molecule has 8 nitrogen and oxygen atoms in total. The van der Waals surface area contributed by atoms with Gasteiger partial charge in [-0.1, -0.05) is 0 Å². The molecule has 0 bridgehead atoms. The predicted molar refractivity (Wildman–Crippen MR) is 77.0 cm³/mol. The fourth-order valence-corrected chi connectivity index (χ4v) is 1.92. The van der Waals surface area contributed by atoms with Crippen molar-refractivity contribution in [2.75, 3.05) is 6.61 Å². The van der Waals surface area contributed by atoms with Crippen LogP contribution in [0.4, 0.5) is 0 Å². The molecule has 22 heavy (non-hydrogen) atoms. The lowest BCUT2D eigenvalue weighted by Crippen LogP contribution is -2.15. The van der Waals surface area contributed by atoms with Crippen molar-refractivity contribution in [2.24, 2.45) is 0 Å². The summed E-state index contributed by atoms with van der Waals surface area (Å²) in [5.41, 5.74) is 1.23. The molecule has 3 aromatic heterocycles. The lowest BCUT2D eigenvalue weighted by molar-refractivity contribution is 0.0525. The number of hydrogen-bond acceptors (Lipinski definition) is 6. The Balaban J connectivity index is 2.10. The average molecular weight is 298 g/mol. The SMILES string of the molecule is CCOC(=O)c1cnc(-n2cc(C)cn2)nc1-n1cccn1. The minimum absolute atomic E-state index is 0.248. The number of carbonyl (C=O) groups is 1. The highest BCUT2D eigenvalue weighted by Gasteiger charge is 2.18. The summed E-state index contributed by atoms with van der Waals surface area (Å²) in [6.45, 7) is 3.94. The number of hydrogen-bond donors (Lipinski definition) is 0. The smallest absolute Gasteiger partial charge is 0.343 e. The maximum atomic E-state index is 12.0. The maximum absolute atomic E-state index is 12.0. The Morgan fingerprint density at radius 3 is 2.77 bits per heavy atom. The molecule has 3 aromatic rings. The van der Waals surface area contributed by atoms with Crippen LogP contribution in [0.15, 0.2) is 37.1 Å². The minimum atomic E-state index is -0.490. The Bertz CT molecular complexity index is 794. The molecule has 0 aliphatic heterocycles. The summed E-state index contributed by atoms with van der Waals surface area (Å²) in [4.78, 5) is 20.6. The van der Waals surface area contributed by atoms with Crippen molar-refractivity contribution in [3.63, 3.8) is 0 Å². The molecule has 8 heteroatoms. The summed E-state index contributed by atoms with van der Waals surface area (Å²) in [6.07, 6.45) is 8.23. The van der Waals surface area contributed by atoms with Crippen LogP contribution in [0.25, 0.3) is 11.8 Å². The summed E-state index contributed by atoms with van der Waals surface area (Å²) >= 11 is 0. The molecule has 112 valence electrons. The van der Waals surface area contributed by atoms with Crippen molar-refractivity contribution in [3.8, 4) is 11.8 Å². The van der Waals surface area contributed by atoms with Gasteiger partial charge < -0.3 is 4.74 Å². The van der Waals surface area contributed by atoms with Crippen LogP contribution < -0.4 is 0 Å². The van der Waals surface area contributed by atoms with Gasteiger partial charge in [0.2, 0.25) is 0 Å². The first-order chi connectivity index (χ1) is 10.7. The van der Waals surface area contributed by atoms with Crippen LogP contribution in [-0.4, -0.2) is 42.1 Å². The van der Waals surface area contributed by atoms with Gasteiger partial charge in [-0.15, -0.1) is 0 Å². The summed E-state index contributed by atoms with van der Waals surface area (Å²) in [7, 11) is 0. The lowest BCUT2D eigenvalue weighted by atomic mass is 10.3. The van der Waals surface area contributed by atoms with Crippen molar-refractivity contribution < 1.29 is 9.53 Å². The molecule has 3 rings (SSSR count). The number of rotatable bonds is 4. The van der Waals surface area contributed by atoms with Crippen LogP contribution in [-0.2, 0) is 4.74 Å². The van der Waals surface area contributed by atoms with Crippen LogP contribution in [0.5, 0.6) is 0 Å². The van der Waals surface area contributed by atoms with Gasteiger partial charge in [-0.05, 0) is 25.5 Å². The topological polar surface area (TPSA) is 87.7 Å². The van der Waals surface area contributed by atoms with Gasteiger partial charge in [0.15, 0.2) is 5.82 Å². The number of aryl methyl sites for hydroxylation is 1. The number of nitrogens with zero attached hydrogens (tertiary/aromatic N) is 6. The van der Waals surface area contributed by atoms with Gasteiger partial charge in [0.25, 0.3) is 5.95 Å². The molecule has 0 aliphatic rings. The van der Waals surface area contributed by atoms with Gasteiger partial charge in [0.05, 0.1) is 12.8 Å². The van der Waals surface area contributed by atoms with E-state index in [0.717, 1.165) is 5.56 Å². The Morgan fingerprint density at radius 1 is 1.27 bits per heavy atom. The third-order valence-electron chi connectivity index (χ3n) is 2.89. The van der Waals surface area contributed by atoms with Gasteiger partial charge in [-0.2, -0.15) is 15.2 Å². The summed E-state index contributed by atoms with van der Waals surface area (Å²) in [5, 5.41) is 8.28. The van der Waals surface area contributed by atoms with Crippen LogP contribution >= 0.6 is 0 Å². The van der Waals surface area contributed by atoms with Crippen LogP contribution in [0, 0.1) is 6.92 Å². The molecule has 0 aromatic carbocycles. The standard InChI is InChI=1S/C14H14N6O2/c1-3-22-13(21)11-8-15-14(20-9-10(2)7-17-20)18-12(11)19-6-4-5-16-19/h4-9H,3H2,1-2H3. The largest absolute Gasteiger partial charge is 0.462 e. The first-order valence-electron chi connectivity index (χ1n) is 6.75. The quantitative estimate of drug-likeness (QED) is 0.675. The second-order valence-electron chi connectivity index (χ2n) is 4.54. The molecule has 0 unspecified atom stereocenters. The molecular formula is C14H14N6O2. The fourth-order valence-electron chi connectivity index (χ4n) is 1.92. The van der Waals surface area contributed by atoms with E-state index in [9.17, 15) is 4.79 Å². The molecule has 3 heterocycles. The number of carbonyl (C=O) groups excluding carboxylic acids is 1. The number of esters is 1. The van der Waals surface area contributed by atoms with Gasteiger partial charge >= 0.3 is 5.97 Å². The van der Waals surface area contributed by atoms with Gasteiger partial charge in [-0.3, -0.25) is 0 Å². The van der Waals surface area contributed by atoms with E-state index in [2.05, 4.69) is 20.2 Å². The highest BCUT2D eigenvalue weighted by molar-refractivity contribution is 5.92. The molecule has 0 aliphatic carbocycles. The van der Waals surface area contributed by atoms with E-state index < -0.39 is 5.97 Å². The molecule has 0 saturated heterocycles. The Kier molecular flexibility index (Phi) is 3.65. The highest BCUT2D eigenvalue weighted by Crippen LogP contribution is 2.14. The maximum Gasteiger partial charge on any atom is 0.343 e. The first kappa shape index (κ1) is 13.9. The zero-order valence-corrected chi connectivity index (χ0v) is 12.2. The van der Waals surface area contributed by atoms with E-state index in [1.807, 2.05) is 6.92 Å². The molecular weight excluding hydrogens is 284 g/mol. The van der Waals surface area contributed by atoms with E-state index >= 15 is 0 Å². The van der Waals surface area contributed by atoms with Crippen LogP contribution in [0.1, 0.15) is 22.8 Å². The summed E-state index contributed by atoms with van der Waals surface area (Å²) in [5.74, 6) is 0.212. The summed E-state index contributed by atoms with van der Waals surface area (Å²) < 4.78 is 8.07. The molecule has 0 spiro atoms. The molecule has 0 N–H and O–H groups in total. The number of ether oxygens (including phenoxy) is 1. The van der Waals surface area contributed by atoms with Crippen molar-refractivity contribution in [1.29, 1.82) is 0 Å². The number of aromatic nitrogens is 6. The fraction of sp³-hybridized carbons (Fsp3) is 0.214. The van der Waals surface area contributed by atoms with Crippen LogP contribution in [0.2, 0.25) is 0 Å². The minimum Gasteiger partial charge on any atom is -0.462 e. The normalized spacial score (nSPS) is 10.6. The third kappa shape index (κ3) is 2.58. The van der Waals surface area contributed by atoms with Crippen molar-refractivity contribution in [1.82, 2.24) is 29.5 Å². The predicted octanol–water partition coefficient (Wildman–Crippen LogP) is 1.33. The van der Waals surface area contributed by atoms with Crippen molar-refractivity contribution in [3.05, 3.63) is 48.2 Å². The third-order valence-corrected chi connectivity index (χ3v) is 2.89. The molecule has 0 saturated carbocycles. The zero-order chi connectivity index (χ0) is 15.5. The van der Waals surface area contributed by atoms with Crippen molar-refractivity contribution >= 4 is 5.97 Å². The van der Waals surface area contributed by atoms with Gasteiger partial charge in [0, 0.05) is 24.8 Å².